The Kier molecular flexibility index (Phi) is 1.12. The molecule has 0 atom stereocenters. The quantitative estimate of drug-likeness (QED) is 0.553. The van der Waals surface area contributed by atoms with E-state index in [1.54, 1.807) is 6.20 Å². The van der Waals surface area contributed by atoms with Crippen molar-refractivity contribution in [1.29, 1.82) is 0 Å². The topological polar surface area (TPSA) is 96.4 Å². The number of carbonyl (C=O) groups is 1. The van der Waals surface area contributed by atoms with Crippen molar-refractivity contribution in [2.45, 2.75) is 0 Å². The van der Waals surface area contributed by atoms with Gasteiger partial charge in [0, 0.05) is 12.4 Å². The molecule has 0 unspecified atom stereocenters. The number of nitrogens with zero attached hydrogens (tertiary/aromatic N) is 2. The van der Waals surface area contributed by atoms with E-state index in [2.05, 4.69) is 10.1 Å². The average molecular weight is 166 g/mol. The first kappa shape index (κ1) is 6.71. The highest BCUT2D eigenvalue weighted by molar-refractivity contribution is 5.99. The number of aromatic nitrogens is 3. The Morgan fingerprint density at radius 3 is 3.17 bits per heavy atom. The number of nitrogens with one attached hydrogen (secondary N) is 1. The van der Waals surface area contributed by atoms with Gasteiger partial charge < -0.3 is 10.8 Å². The zero-order chi connectivity index (χ0) is 8.72. The largest absolute Gasteiger partial charge is 0.477 e. The van der Waals surface area contributed by atoms with Crippen molar-refractivity contribution in [3.8, 4) is 0 Å². The van der Waals surface area contributed by atoms with E-state index in [1.165, 1.54) is 10.7 Å². The third-order valence-electron chi connectivity index (χ3n) is 1.59. The van der Waals surface area contributed by atoms with Gasteiger partial charge in [0.2, 0.25) is 0 Å². The number of rotatable bonds is 1. The third kappa shape index (κ3) is 0.685. The van der Waals surface area contributed by atoms with Gasteiger partial charge in [-0.05, 0) is 0 Å². The maximum atomic E-state index is 10.6. The molecule has 6 nitrogen and oxygen atoms in total. The van der Waals surface area contributed by atoms with Crippen LogP contribution in [0.15, 0.2) is 12.4 Å². The van der Waals surface area contributed by atoms with Crippen LogP contribution in [0.25, 0.3) is 5.65 Å². The fourth-order valence-electron chi connectivity index (χ4n) is 1.10. The average Bonchev–Trinajstić information content (AvgIpc) is 2.44. The molecule has 0 aromatic carbocycles. The zero-order valence-corrected chi connectivity index (χ0v) is 5.98. The summed E-state index contributed by atoms with van der Waals surface area (Å²) in [4.78, 5) is 14.5. The second kappa shape index (κ2) is 2.00. The molecule has 0 amide bonds. The first-order valence-electron chi connectivity index (χ1n) is 3.24. The fourth-order valence-corrected chi connectivity index (χ4v) is 1.10. The molecule has 0 aliphatic carbocycles. The summed E-state index contributed by atoms with van der Waals surface area (Å²) < 4.78 is 1.46. The molecule has 0 aliphatic rings. The summed E-state index contributed by atoms with van der Waals surface area (Å²) >= 11 is 0. The van der Waals surface area contributed by atoms with E-state index in [-0.39, 0.29) is 11.4 Å². The second-order valence-electron chi connectivity index (χ2n) is 2.33. The van der Waals surface area contributed by atoms with E-state index < -0.39 is 5.97 Å². The van der Waals surface area contributed by atoms with Gasteiger partial charge in [0.05, 0.1) is 0 Å². The lowest BCUT2D eigenvalue weighted by Crippen LogP contribution is -2.00. The molecule has 0 fully saturated rings. The van der Waals surface area contributed by atoms with Crippen LogP contribution in [0.4, 0.5) is 5.82 Å². The summed E-state index contributed by atoms with van der Waals surface area (Å²) in [6.45, 7) is 0. The van der Waals surface area contributed by atoms with Crippen LogP contribution >= 0.6 is 0 Å². The minimum absolute atomic E-state index is 0.0139. The van der Waals surface area contributed by atoms with Crippen molar-refractivity contribution in [1.82, 2.24) is 14.6 Å². The number of aromatic amines is 1. The number of aromatic carboxylic acids is 1. The first-order valence-corrected chi connectivity index (χ1v) is 3.24. The van der Waals surface area contributed by atoms with Gasteiger partial charge in [-0.2, -0.15) is 0 Å². The molecule has 2 aromatic heterocycles. The van der Waals surface area contributed by atoms with Gasteiger partial charge in [0.15, 0.2) is 5.65 Å². The number of hydrogen-bond acceptors (Lipinski definition) is 3. The van der Waals surface area contributed by atoms with Crippen molar-refractivity contribution < 1.29 is 9.90 Å². The molecule has 6 heteroatoms. The molecule has 2 heterocycles. The van der Waals surface area contributed by atoms with Gasteiger partial charge in [-0.25, -0.2) is 14.3 Å². The standard InChI is InChI=1S/C6H6N4O2/c7-4-3(6(11)12)5-8-1-2-10(5)9-4/h1-2,9H,7H2,(H,11,12). The van der Waals surface area contributed by atoms with Crippen molar-refractivity contribution in [3.05, 3.63) is 18.0 Å². The molecule has 12 heavy (non-hydrogen) atoms. The lowest BCUT2D eigenvalue weighted by Gasteiger charge is -1.87. The first-order chi connectivity index (χ1) is 5.70. The van der Waals surface area contributed by atoms with Crippen molar-refractivity contribution in [2.75, 3.05) is 5.73 Å². The summed E-state index contributed by atoms with van der Waals surface area (Å²) in [7, 11) is 0. The van der Waals surface area contributed by atoms with E-state index in [4.69, 9.17) is 10.8 Å². The van der Waals surface area contributed by atoms with Crippen molar-refractivity contribution in [3.63, 3.8) is 0 Å². The monoisotopic (exact) mass is 166 g/mol. The Hall–Kier alpha value is -1.98. The smallest absolute Gasteiger partial charge is 0.343 e. The van der Waals surface area contributed by atoms with E-state index in [0.717, 1.165) is 0 Å². The van der Waals surface area contributed by atoms with Crippen LogP contribution < -0.4 is 5.73 Å². The molecule has 2 rings (SSSR count). The molecular weight excluding hydrogens is 160 g/mol. The van der Waals surface area contributed by atoms with Gasteiger partial charge in [-0.1, -0.05) is 0 Å². The maximum Gasteiger partial charge on any atom is 0.343 e. The number of carboxylic acids is 1. The van der Waals surface area contributed by atoms with E-state index in [0.29, 0.717) is 5.65 Å². The number of nitrogen functional groups attached to an aromatic ring is 1. The number of hydrogen-bond donors (Lipinski definition) is 3. The number of imidazole rings is 1. The lowest BCUT2D eigenvalue weighted by atomic mass is 10.3. The SMILES string of the molecule is Nc1[nH]n2ccnc2c1C(=O)O. The van der Waals surface area contributed by atoms with Crippen LogP contribution in [0.3, 0.4) is 0 Å². The normalized spacial score (nSPS) is 10.7. The third-order valence-corrected chi connectivity index (χ3v) is 1.59. The Morgan fingerprint density at radius 2 is 2.50 bits per heavy atom. The van der Waals surface area contributed by atoms with E-state index in [9.17, 15) is 4.79 Å². The number of anilines is 1. The highest BCUT2D eigenvalue weighted by Gasteiger charge is 2.16. The predicted molar refractivity (Wildman–Crippen MR) is 40.9 cm³/mol. The lowest BCUT2D eigenvalue weighted by molar-refractivity contribution is 0.0700. The van der Waals surface area contributed by atoms with E-state index in [1.807, 2.05) is 0 Å². The summed E-state index contributed by atoms with van der Waals surface area (Å²) in [5, 5.41) is 11.4. The molecule has 0 saturated carbocycles. The highest BCUT2D eigenvalue weighted by Crippen LogP contribution is 2.15. The molecule has 0 aliphatic heterocycles. The maximum absolute atomic E-state index is 10.6. The minimum Gasteiger partial charge on any atom is -0.477 e. The van der Waals surface area contributed by atoms with Gasteiger partial charge in [0.1, 0.15) is 11.4 Å². The van der Waals surface area contributed by atoms with Gasteiger partial charge >= 0.3 is 5.97 Å². The molecule has 62 valence electrons. The summed E-state index contributed by atoms with van der Waals surface area (Å²) in [6, 6.07) is 0. The van der Waals surface area contributed by atoms with Crippen LogP contribution in [0.5, 0.6) is 0 Å². The van der Waals surface area contributed by atoms with Gasteiger partial charge in [-0.3, -0.25) is 5.10 Å². The molecule has 2 aromatic rings. The molecule has 0 radical (unpaired) electrons. The number of fused-ring (bicyclic) bond motifs is 1. The highest BCUT2D eigenvalue weighted by atomic mass is 16.4. The predicted octanol–water partition coefficient (Wildman–Crippen LogP) is -0.0572. The van der Waals surface area contributed by atoms with Crippen molar-refractivity contribution >= 4 is 17.4 Å². The fraction of sp³-hybridized carbons (Fsp3) is 0. The van der Waals surface area contributed by atoms with Crippen LogP contribution in [0, 0.1) is 0 Å². The molecule has 0 saturated heterocycles. The summed E-state index contributed by atoms with van der Waals surface area (Å²) in [5.41, 5.74) is 5.75. The molecule has 4 N–H and O–H groups in total. The molecule has 0 spiro atoms. The Labute approximate surface area is 66.6 Å². The number of carboxylic acid groups (broad SMARTS) is 1. The second-order valence-corrected chi connectivity index (χ2v) is 2.33. The summed E-state index contributed by atoms with van der Waals surface area (Å²) in [5.74, 6) is -0.962. The molecular formula is C6H6N4O2. The molecule has 0 bridgehead atoms. The van der Waals surface area contributed by atoms with Gasteiger partial charge in [0.25, 0.3) is 0 Å². The van der Waals surface area contributed by atoms with Crippen LogP contribution in [0.1, 0.15) is 10.4 Å². The summed E-state index contributed by atoms with van der Waals surface area (Å²) in [6.07, 6.45) is 3.09. The number of nitrogens with two attached hydrogens (primary N) is 1. The minimum atomic E-state index is -1.08. The van der Waals surface area contributed by atoms with Crippen LogP contribution in [0.2, 0.25) is 0 Å². The number of H-pyrrole nitrogens is 1. The Bertz CT molecular complexity index is 441. The van der Waals surface area contributed by atoms with Crippen LogP contribution in [-0.2, 0) is 0 Å². The Morgan fingerprint density at radius 1 is 1.75 bits per heavy atom. The zero-order valence-electron chi connectivity index (χ0n) is 5.98. The Balaban J connectivity index is 2.84. The van der Waals surface area contributed by atoms with E-state index >= 15 is 0 Å². The van der Waals surface area contributed by atoms with Crippen molar-refractivity contribution in [2.24, 2.45) is 0 Å². The van der Waals surface area contributed by atoms with Crippen LogP contribution in [-0.4, -0.2) is 25.7 Å². The van der Waals surface area contributed by atoms with Gasteiger partial charge in [-0.15, -0.1) is 0 Å².